The number of halogens is 1. The van der Waals surface area contributed by atoms with E-state index < -0.39 is 6.17 Å². The van der Waals surface area contributed by atoms with Crippen LogP contribution in [-0.4, -0.2) is 57.0 Å². The highest BCUT2D eigenvalue weighted by Gasteiger charge is 2.06. The smallest absolute Gasteiger partial charge is 0.246 e. The Bertz CT molecular complexity index is 314. The van der Waals surface area contributed by atoms with E-state index >= 15 is 0 Å². The molecule has 0 radical (unpaired) electrons. The molecule has 0 aliphatic carbocycles. The molecular weight excluding hydrogens is 291 g/mol. The minimum Gasteiger partial charge on any atom is -0.378 e. The van der Waals surface area contributed by atoms with Gasteiger partial charge in [0.25, 0.3) is 0 Å². The van der Waals surface area contributed by atoms with Crippen molar-refractivity contribution in [3.63, 3.8) is 0 Å². The Labute approximate surface area is 132 Å². The molecule has 0 aliphatic rings. The van der Waals surface area contributed by atoms with Gasteiger partial charge in [-0.05, 0) is 33.1 Å². The number of rotatable bonds is 13. The average Bonchev–Trinajstić information content (AvgIpc) is 2.45. The molecule has 0 heterocycles. The third-order valence-electron chi connectivity index (χ3n) is 2.71. The highest BCUT2D eigenvalue weighted by Crippen LogP contribution is 1.97. The molecule has 0 aromatic rings. The summed E-state index contributed by atoms with van der Waals surface area (Å²) in [5.74, 6) is -0.355. The van der Waals surface area contributed by atoms with Crippen molar-refractivity contribution >= 4 is 11.8 Å². The average molecular weight is 320 g/mol. The van der Waals surface area contributed by atoms with E-state index in [1.54, 1.807) is 0 Å². The normalized spacial score (nSPS) is 12.2. The van der Waals surface area contributed by atoms with Crippen LogP contribution in [-0.2, 0) is 19.1 Å². The van der Waals surface area contributed by atoms with E-state index in [4.69, 9.17) is 9.47 Å². The van der Waals surface area contributed by atoms with E-state index in [2.05, 4.69) is 10.6 Å². The van der Waals surface area contributed by atoms with Crippen LogP contribution >= 0.6 is 0 Å². The molecule has 0 aromatic heterocycles. The predicted octanol–water partition coefficient (Wildman–Crippen LogP) is 1.19. The Hall–Kier alpha value is -1.21. The van der Waals surface area contributed by atoms with Crippen LogP contribution in [0.3, 0.4) is 0 Å². The summed E-state index contributed by atoms with van der Waals surface area (Å²) in [6.07, 6.45) is 1.43. The zero-order valence-corrected chi connectivity index (χ0v) is 13.8. The molecule has 0 aliphatic heterocycles. The standard InChI is InChI=1S/C15H29FN2O4/c1-12(2)22-11-15(20)17-7-5-4-6-8-21-10-14(16)9-18-13(3)19/h12,14H,4-11H2,1-3H3,(H,17,20)(H,18,19). The van der Waals surface area contributed by atoms with Crippen LogP contribution in [0.2, 0.25) is 0 Å². The van der Waals surface area contributed by atoms with Gasteiger partial charge in [-0.1, -0.05) is 0 Å². The molecule has 130 valence electrons. The number of unbranched alkanes of at least 4 members (excludes halogenated alkanes) is 2. The van der Waals surface area contributed by atoms with Gasteiger partial charge in [-0.25, -0.2) is 4.39 Å². The highest BCUT2D eigenvalue weighted by molar-refractivity contribution is 5.77. The van der Waals surface area contributed by atoms with Gasteiger partial charge in [-0.3, -0.25) is 9.59 Å². The molecule has 0 saturated carbocycles. The molecule has 22 heavy (non-hydrogen) atoms. The van der Waals surface area contributed by atoms with Gasteiger partial charge in [-0.15, -0.1) is 0 Å². The molecule has 2 N–H and O–H groups in total. The van der Waals surface area contributed by atoms with Crippen LogP contribution in [0.25, 0.3) is 0 Å². The maximum absolute atomic E-state index is 13.2. The highest BCUT2D eigenvalue weighted by atomic mass is 19.1. The number of hydrogen-bond donors (Lipinski definition) is 2. The molecular formula is C15H29FN2O4. The maximum atomic E-state index is 13.2. The Morgan fingerprint density at radius 1 is 1.14 bits per heavy atom. The van der Waals surface area contributed by atoms with E-state index in [-0.39, 0.29) is 37.7 Å². The van der Waals surface area contributed by atoms with Gasteiger partial charge in [0.2, 0.25) is 11.8 Å². The Morgan fingerprint density at radius 2 is 1.86 bits per heavy atom. The van der Waals surface area contributed by atoms with Crippen LogP contribution in [0.4, 0.5) is 4.39 Å². The van der Waals surface area contributed by atoms with Crippen molar-refractivity contribution in [1.82, 2.24) is 10.6 Å². The summed E-state index contributed by atoms with van der Waals surface area (Å²) in [5, 5.41) is 5.17. The second kappa shape index (κ2) is 13.5. The van der Waals surface area contributed by atoms with Gasteiger partial charge in [0.05, 0.1) is 19.3 Å². The van der Waals surface area contributed by atoms with Crippen molar-refractivity contribution in [3.05, 3.63) is 0 Å². The number of ether oxygens (including phenoxy) is 2. The SMILES string of the molecule is CC(=O)NCC(F)COCCCCCNC(=O)COC(C)C. The van der Waals surface area contributed by atoms with Crippen LogP contribution < -0.4 is 10.6 Å². The minimum absolute atomic E-state index is 0.0104. The molecule has 1 unspecified atom stereocenters. The van der Waals surface area contributed by atoms with E-state index in [1.165, 1.54) is 6.92 Å². The molecule has 0 fully saturated rings. The van der Waals surface area contributed by atoms with E-state index in [9.17, 15) is 14.0 Å². The summed E-state index contributed by atoms with van der Waals surface area (Å²) in [7, 11) is 0. The van der Waals surface area contributed by atoms with Gasteiger partial charge >= 0.3 is 0 Å². The molecule has 2 amide bonds. The van der Waals surface area contributed by atoms with Crippen molar-refractivity contribution in [2.75, 3.05) is 32.9 Å². The van der Waals surface area contributed by atoms with E-state index in [0.717, 1.165) is 19.3 Å². The van der Waals surface area contributed by atoms with Crippen LogP contribution in [0, 0.1) is 0 Å². The number of alkyl halides is 1. The molecule has 0 rings (SSSR count). The molecule has 0 spiro atoms. The number of carbonyl (C=O) groups excluding carboxylic acids is 2. The van der Waals surface area contributed by atoms with Gasteiger partial charge < -0.3 is 20.1 Å². The zero-order chi connectivity index (χ0) is 16.8. The predicted molar refractivity (Wildman–Crippen MR) is 82.3 cm³/mol. The first-order valence-electron chi connectivity index (χ1n) is 7.76. The second-order valence-electron chi connectivity index (χ2n) is 5.38. The van der Waals surface area contributed by atoms with E-state index in [1.807, 2.05) is 13.8 Å². The lowest BCUT2D eigenvalue weighted by Gasteiger charge is -2.10. The fraction of sp³-hybridized carbons (Fsp3) is 0.867. The van der Waals surface area contributed by atoms with E-state index in [0.29, 0.717) is 13.2 Å². The summed E-state index contributed by atoms with van der Waals surface area (Å²) >= 11 is 0. The molecule has 0 bridgehead atoms. The van der Waals surface area contributed by atoms with Crippen molar-refractivity contribution in [2.24, 2.45) is 0 Å². The van der Waals surface area contributed by atoms with Crippen molar-refractivity contribution in [3.8, 4) is 0 Å². The lowest BCUT2D eigenvalue weighted by molar-refractivity contribution is -0.127. The minimum atomic E-state index is -1.18. The largest absolute Gasteiger partial charge is 0.378 e. The van der Waals surface area contributed by atoms with Crippen LogP contribution in [0.1, 0.15) is 40.0 Å². The summed E-state index contributed by atoms with van der Waals surface area (Å²) in [6.45, 7) is 6.26. The summed E-state index contributed by atoms with van der Waals surface area (Å²) < 4.78 is 23.6. The quantitative estimate of drug-likeness (QED) is 0.500. The van der Waals surface area contributed by atoms with Crippen LogP contribution in [0.5, 0.6) is 0 Å². The van der Waals surface area contributed by atoms with Gasteiger partial charge in [0.15, 0.2) is 0 Å². The number of amides is 2. The van der Waals surface area contributed by atoms with Crippen molar-refractivity contribution in [2.45, 2.75) is 52.3 Å². The second-order valence-corrected chi connectivity index (χ2v) is 5.38. The van der Waals surface area contributed by atoms with Gasteiger partial charge in [0.1, 0.15) is 12.8 Å². The monoisotopic (exact) mass is 320 g/mol. The lowest BCUT2D eigenvalue weighted by atomic mass is 10.2. The Morgan fingerprint density at radius 3 is 2.50 bits per heavy atom. The first kappa shape index (κ1) is 20.8. The first-order valence-corrected chi connectivity index (χ1v) is 7.76. The summed E-state index contributed by atoms with van der Waals surface area (Å²) in [5.41, 5.74) is 0. The first-order chi connectivity index (χ1) is 10.4. The summed E-state index contributed by atoms with van der Waals surface area (Å²) in [4.78, 5) is 21.9. The maximum Gasteiger partial charge on any atom is 0.246 e. The number of nitrogens with one attached hydrogen (secondary N) is 2. The fourth-order valence-corrected chi connectivity index (χ4v) is 1.55. The van der Waals surface area contributed by atoms with Gasteiger partial charge in [0, 0.05) is 20.1 Å². The molecule has 0 aromatic carbocycles. The number of carbonyl (C=O) groups is 2. The fourth-order valence-electron chi connectivity index (χ4n) is 1.55. The van der Waals surface area contributed by atoms with Crippen molar-refractivity contribution < 1.29 is 23.5 Å². The summed E-state index contributed by atoms with van der Waals surface area (Å²) in [6, 6.07) is 0. The topological polar surface area (TPSA) is 76.7 Å². The third kappa shape index (κ3) is 15.2. The molecule has 0 saturated heterocycles. The molecule has 1 atom stereocenters. The Kier molecular flexibility index (Phi) is 12.7. The zero-order valence-electron chi connectivity index (χ0n) is 13.8. The lowest BCUT2D eigenvalue weighted by Crippen LogP contribution is -2.30. The van der Waals surface area contributed by atoms with Crippen molar-refractivity contribution in [1.29, 1.82) is 0 Å². The third-order valence-corrected chi connectivity index (χ3v) is 2.71. The van der Waals surface area contributed by atoms with Gasteiger partial charge in [-0.2, -0.15) is 0 Å². The Balaban J connectivity index is 3.29. The molecule has 7 heteroatoms. The number of hydrogen-bond acceptors (Lipinski definition) is 4. The van der Waals surface area contributed by atoms with Crippen LogP contribution in [0.15, 0.2) is 0 Å². The molecule has 6 nitrogen and oxygen atoms in total.